The van der Waals surface area contributed by atoms with Crippen molar-refractivity contribution in [3.8, 4) is 0 Å². The molecule has 0 aromatic heterocycles. The summed E-state index contributed by atoms with van der Waals surface area (Å²) in [6.45, 7) is 15.1. The lowest BCUT2D eigenvalue weighted by atomic mass is 9.83. The highest BCUT2D eigenvalue weighted by Gasteiger charge is 2.16. The van der Waals surface area contributed by atoms with Crippen LogP contribution in [0.3, 0.4) is 0 Å². The SMILES string of the molecule is C=C/C=C(\c1cc(CC)c(CC)cc1C)C(C)c1ccc(C)cc1. The summed E-state index contributed by atoms with van der Waals surface area (Å²) in [5.74, 6) is 0.347. The molecule has 0 radical (unpaired) electrons. The number of hydrogen-bond acceptors (Lipinski definition) is 0. The number of benzene rings is 2. The standard InChI is InChI=1S/C24H30/c1-7-10-23(19(6)22-13-11-17(4)12-14-22)24-16-21(9-3)20(8-2)15-18(24)5/h7,10-16,19H,1,8-9H2,2-6H3/b23-10-. The second kappa shape index (κ2) is 8.15. The van der Waals surface area contributed by atoms with E-state index in [9.17, 15) is 0 Å². The Hall–Kier alpha value is -2.08. The number of aryl methyl sites for hydroxylation is 4. The molecule has 0 N–H and O–H groups in total. The molecule has 0 heterocycles. The molecule has 0 aliphatic heterocycles. The summed E-state index contributed by atoms with van der Waals surface area (Å²) in [6.07, 6.45) is 6.27. The molecule has 126 valence electrons. The second-order valence-electron chi connectivity index (χ2n) is 6.63. The van der Waals surface area contributed by atoms with Crippen LogP contribution in [-0.4, -0.2) is 0 Å². The van der Waals surface area contributed by atoms with Crippen LogP contribution in [0.25, 0.3) is 5.57 Å². The van der Waals surface area contributed by atoms with E-state index in [1.165, 1.54) is 39.0 Å². The first kappa shape index (κ1) is 18.3. The Morgan fingerprint density at radius 2 is 1.58 bits per heavy atom. The Morgan fingerprint density at radius 1 is 1.00 bits per heavy atom. The highest BCUT2D eigenvalue weighted by molar-refractivity contribution is 5.75. The largest absolute Gasteiger partial charge is 0.0991 e. The lowest BCUT2D eigenvalue weighted by Crippen LogP contribution is -2.03. The average Bonchev–Trinajstić information content (AvgIpc) is 2.59. The maximum absolute atomic E-state index is 3.95. The van der Waals surface area contributed by atoms with Gasteiger partial charge in [0, 0.05) is 5.92 Å². The van der Waals surface area contributed by atoms with E-state index < -0.39 is 0 Å². The van der Waals surface area contributed by atoms with Crippen LogP contribution in [0.1, 0.15) is 60.1 Å². The molecule has 1 atom stereocenters. The van der Waals surface area contributed by atoms with Crippen LogP contribution < -0.4 is 0 Å². The van der Waals surface area contributed by atoms with Gasteiger partial charge in [0.2, 0.25) is 0 Å². The predicted molar refractivity (Wildman–Crippen MR) is 108 cm³/mol. The van der Waals surface area contributed by atoms with Gasteiger partial charge in [0.1, 0.15) is 0 Å². The van der Waals surface area contributed by atoms with E-state index >= 15 is 0 Å². The van der Waals surface area contributed by atoms with E-state index in [1.54, 1.807) is 0 Å². The summed E-state index contributed by atoms with van der Waals surface area (Å²) in [4.78, 5) is 0. The summed E-state index contributed by atoms with van der Waals surface area (Å²) < 4.78 is 0. The highest BCUT2D eigenvalue weighted by Crippen LogP contribution is 2.35. The van der Waals surface area contributed by atoms with Gasteiger partial charge in [-0.2, -0.15) is 0 Å². The van der Waals surface area contributed by atoms with Crippen molar-refractivity contribution in [1.82, 2.24) is 0 Å². The first-order valence-corrected chi connectivity index (χ1v) is 9.03. The first-order valence-electron chi connectivity index (χ1n) is 9.03. The van der Waals surface area contributed by atoms with Gasteiger partial charge in [-0.1, -0.05) is 81.5 Å². The van der Waals surface area contributed by atoms with Crippen molar-refractivity contribution >= 4 is 5.57 Å². The van der Waals surface area contributed by atoms with Gasteiger partial charge in [0.15, 0.2) is 0 Å². The van der Waals surface area contributed by atoms with E-state index in [0.717, 1.165) is 12.8 Å². The molecule has 2 aromatic carbocycles. The Labute approximate surface area is 147 Å². The van der Waals surface area contributed by atoms with Crippen molar-refractivity contribution < 1.29 is 0 Å². The van der Waals surface area contributed by atoms with Crippen molar-refractivity contribution in [1.29, 1.82) is 0 Å². The molecule has 0 nitrogen and oxygen atoms in total. The fourth-order valence-electron chi connectivity index (χ4n) is 3.41. The number of hydrogen-bond donors (Lipinski definition) is 0. The van der Waals surface area contributed by atoms with Crippen LogP contribution >= 0.6 is 0 Å². The third-order valence-electron chi connectivity index (χ3n) is 4.96. The summed E-state index contributed by atoms with van der Waals surface area (Å²) in [5.41, 5.74) is 9.66. The third-order valence-corrected chi connectivity index (χ3v) is 4.96. The van der Waals surface area contributed by atoms with E-state index in [2.05, 4.69) is 83.7 Å². The molecule has 24 heavy (non-hydrogen) atoms. The maximum Gasteiger partial charge on any atom is 0.00670 e. The molecule has 0 bridgehead atoms. The molecular formula is C24H30. The minimum atomic E-state index is 0.347. The van der Waals surface area contributed by atoms with E-state index in [1.807, 2.05) is 6.08 Å². The Bertz CT molecular complexity index is 729. The lowest BCUT2D eigenvalue weighted by molar-refractivity contribution is 0.976. The normalized spacial score (nSPS) is 13.0. The Kier molecular flexibility index (Phi) is 6.20. The van der Waals surface area contributed by atoms with Crippen molar-refractivity contribution in [2.45, 2.75) is 53.4 Å². The van der Waals surface area contributed by atoms with Gasteiger partial charge < -0.3 is 0 Å². The Morgan fingerprint density at radius 3 is 2.12 bits per heavy atom. The molecule has 0 amide bonds. The number of rotatable bonds is 6. The molecule has 0 saturated heterocycles. The van der Waals surface area contributed by atoms with Gasteiger partial charge in [-0.25, -0.2) is 0 Å². The van der Waals surface area contributed by atoms with Gasteiger partial charge in [0.05, 0.1) is 0 Å². The van der Waals surface area contributed by atoms with Crippen LogP contribution in [-0.2, 0) is 12.8 Å². The molecule has 0 aliphatic carbocycles. The number of allylic oxidation sites excluding steroid dienone is 3. The molecule has 0 saturated carbocycles. The minimum absolute atomic E-state index is 0.347. The van der Waals surface area contributed by atoms with Crippen LogP contribution in [0.2, 0.25) is 0 Å². The fraction of sp³-hybridized carbons (Fsp3) is 0.333. The van der Waals surface area contributed by atoms with E-state index in [-0.39, 0.29) is 0 Å². The minimum Gasteiger partial charge on any atom is -0.0991 e. The average molecular weight is 319 g/mol. The first-order chi connectivity index (χ1) is 11.5. The van der Waals surface area contributed by atoms with Gasteiger partial charge in [0.25, 0.3) is 0 Å². The molecule has 0 aliphatic rings. The molecule has 0 fully saturated rings. The summed E-state index contributed by atoms with van der Waals surface area (Å²) in [7, 11) is 0. The molecule has 2 aromatic rings. The third kappa shape index (κ3) is 3.87. The van der Waals surface area contributed by atoms with E-state index in [4.69, 9.17) is 0 Å². The van der Waals surface area contributed by atoms with Gasteiger partial charge in [-0.3, -0.25) is 0 Å². The van der Waals surface area contributed by atoms with Gasteiger partial charge in [-0.15, -0.1) is 0 Å². The zero-order valence-corrected chi connectivity index (χ0v) is 15.8. The van der Waals surface area contributed by atoms with Crippen molar-refractivity contribution in [2.75, 3.05) is 0 Å². The monoisotopic (exact) mass is 318 g/mol. The fourth-order valence-corrected chi connectivity index (χ4v) is 3.41. The molecule has 0 spiro atoms. The maximum atomic E-state index is 3.95. The molecule has 2 rings (SSSR count). The summed E-state index contributed by atoms with van der Waals surface area (Å²) in [5, 5.41) is 0. The molecule has 0 heteroatoms. The van der Waals surface area contributed by atoms with Crippen LogP contribution in [0.4, 0.5) is 0 Å². The molecular weight excluding hydrogens is 288 g/mol. The van der Waals surface area contributed by atoms with Crippen molar-refractivity contribution in [3.05, 3.63) is 88.5 Å². The van der Waals surface area contributed by atoms with Gasteiger partial charge in [-0.05, 0) is 60.1 Å². The van der Waals surface area contributed by atoms with Gasteiger partial charge >= 0.3 is 0 Å². The smallest absolute Gasteiger partial charge is 0.00670 e. The van der Waals surface area contributed by atoms with Crippen molar-refractivity contribution in [2.24, 2.45) is 0 Å². The highest BCUT2D eigenvalue weighted by atomic mass is 14.2. The lowest BCUT2D eigenvalue weighted by Gasteiger charge is -2.21. The van der Waals surface area contributed by atoms with Crippen molar-refractivity contribution in [3.63, 3.8) is 0 Å². The molecule has 1 unspecified atom stereocenters. The van der Waals surface area contributed by atoms with E-state index in [0.29, 0.717) is 5.92 Å². The summed E-state index contributed by atoms with van der Waals surface area (Å²) >= 11 is 0. The quantitative estimate of drug-likeness (QED) is 0.514. The second-order valence-corrected chi connectivity index (χ2v) is 6.63. The topological polar surface area (TPSA) is 0 Å². The van der Waals surface area contributed by atoms with Crippen LogP contribution in [0, 0.1) is 13.8 Å². The van der Waals surface area contributed by atoms with Crippen LogP contribution in [0.5, 0.6) is 0 Å². The Balaban J connectivity index is 2.53. The predicted octanol–water partition coefficient (Wildman–Crippen LogP) is 6.80. The zero-order valence-electron chi connectivity index (χ0n) is 15.8. The van der Waals surface area contributed by atoms with Crippen LogP contribution in [0.15, 0.2) is 55.1 Å². The zero-order chi connectivity index (χ0) is 17.7. The summed E-state index contributed by atoms with van der Waals surface area (Å²) in [6, 6.07) is 13.6.